The first-order valence-electron chi connectivity index (χ1n) is 5.46. The maximum atomic E-state index is 5.28. The lowest BCUT2D eigenvalue weighted by Crippen LogP contribution is -2.16. The summed E-state index contributed by atoms with van der Waals surface area (Å²) in [5.74, 6) is 2.16. The minimum atomic E-state index is 0.176. The Kier molecular flexibility index (Phi) is 2.21. The van der Waals surface area contributed by atoms with Gasteiger partial charge in [0.25, 0.3) is 0 Å². The highest BCUT2D eigenvalue weighted by Crippen LogP contribution is 2.38. The van der Waals surface area contributed by atoms with Gasteiger partial charge in [-0.05, 0) is 19.3 Å². The predicted molar refractivity (Wildman–Crippen MR) is 52.4 cm³/mol. The Morgan fingerprint density at radius 3 is 3.00 bits per heavy atom. The summed E-state index contributed by atoms with van der Waals surface area (Å²) in [6.45, 7) is 0.863. The number of hydrogen-bond acceptors (Lipinski definition) is 5. The molecule has 1 aromatic heterocycles. The number of hydrogen-bond donors (Lipinski definition) is 1. The van der Waals surface area contributed by atoms with Crippen molar-refractivity contribution in [3.63, 3.8) is 0 Å². The average molecular weight is 209 g/mol. The van der Waals surface area contributed by atoms with Crippen LogP contribution in [-0.2, 0) is 4.74 Å². The van der Waals surface area contributed by atoms with Crippen molar-refractivity contribution >= 4 is 0 Å². The molecule has 0 aromatic carbocycles. The van der Waals surface area contributed by atoms with Crippen molar-refractivity contribution in [2.24, 2.45) is 0 Å². The summed E-state index contributed by atoms with van der Waals surface area (Å²) in [6.07, 6.45) is 3.60. The maximum Gasteiger partial charge on any atom is 0.243 e. The molecule has 2 aliphatic rings. The van der Waals surface area contributed by atoms with E-state index in [4.69, 9.17) is 9.26 Å². The lowest BCUT2D eigenvalue weighted by molar-refractivity contribution is 0.116. The SMILES string of the molecule is CO[C@@H]1CN[C@@H](c2nc(C3CC3)no2)C1. The monoisotopic (exact) mass is 209 g/mol. The fourth-order valence-corrected chi connectivity index (χ4v) is 1.97. The van der Waals surface area contributed by atoms with Gasteiger partial charge in [-0.15, -0.1) is 0 Å². The van der Waals surface area contributed by atoms with E-state index in [0.29, 0.717) is 5.92 Å². The van der Waals surface area contributed by atoms with Crippen LogP contribution in [0.3, 0.4) is 0 Å². The van der Waals surface area contributed by atoms with Crippen molar-refractivity contribution in [2.75, 3.05) is 13.7 Å². The molecule has 15 heavy (non-hydrogen) atoms. The van der Waals surface area contributed by atoms with Gasteiger partial charge in [-0.3, -0.25) is 0 Å². The summed E-state index contributed by atoms with van der Waals surface area (Å²) in [7, 11) is 1.73. The Bertz CT molecular complexity index is 348. The number of aromatic nitrogens is 2. The fourth-order valence-electron chi connectivity index (χ4n) is 1.97. The van der Waals surface area contributed by atoms with Crippen LogP contribution >= 0.6 is 0 Å². The van der Waals surface area contributed by atoms with Crippen LogP contribution in [0.15, 0.2) is 4.52 Å². The van der Waals surface area contributed by atoms with Gasteiger partial charge < -0.3 is 14.6 Å². The zero-order chi connectivity index (χ0) is 10.3. The van der Waals surface area contributed by atoms with Crippen LogP contribution in [-0.4, -0.2) is 29.9 Å². The van der Waals surface area contributed by atoms with E-state index in [0.717, 1.165) is 24.7 Å². The third-order valence-corrected chi connectivity index (χ3v) is 3.12. The van der Waals surface area contributed by atoms with Crippen LogP contribution in [0, 0.1) is 0 Å². The van der Waals surface area contributed by atoms with Crippen LogP contribution in [0.4, 0.5) is 0 Å². The lowest BCUT2D eigenvalue weighted by atomic mass is 10.2. The molecule has 0 spiro atoms. The highest BCUT2D eigenvalue weighted by molar-refractivity contribution is 5.06. The second-order valence-electron chi connectivity index (χ2n) is 4.32. The third kappa shape index (κ3) is 1.77. The van der Waals surface area contributed by atoms with Gasteiger partial charge in [0.1, 0.15) is 0 Å². The Hall–Kier alpha value is -0.940. The molecule has 5 heteroatoms. The van der Waals surface area contributed by atoms with Crippen LogP contribution in [0.2, 0.25) is 0 Å². The van der Waals surface area contributed by atoms with Gasteiger partial charge in [-0.25, -0.2) is 0 Å². The summed E-state index contributed by atoms with van der Waals surface area (Å²) in [5, 5.41) is 7.33. The normalized spacial score (nSPS) is 31.0. The molecule has 82 valence electrons. The summed E-state index contributed by atoms with van der Waals surface area (Å²) >= 11 is 0. The van der Waals surface area contributed by atoms with E-state index < -0.39 is 0 Å². The molecular formula is C10H15N3O2. The first kappa shape index (κ1) is 9.30. The largest absolute Gasteiger partial charge is 0.380 e. The smallest absolute Gasteiger partial charge is 0.243 e. The maximum absolute atomic E-state index is 5.28. The number of methoxy groups -OCH3 is 1. The van der Waals surface area contributed by atoms with Gasteiger partial charge in [0.05, 0.1) is 12.1 Å². The zero-order valence-corrected chi connectivity index (χ0v) is 8.77. The van der Waals surface area contributed by atoms with Gasteiger partial charge >= 0.3 is 0 Å². The topological polar surface area (TPSA) is 60.2 Å². The molecule has 0 radical (unpaired) electrons. The molecule has 0 unspecified atom stereocenters. The summed E-state index contributed by atoms with van der Waals surface area (Å²) in [4.78, 5) is 4.43. The summed E-state index contributed by atoms with van der Waals surface area (Å²) in [6, 6.07) is 0.176. The lowest BCUT2D eigenvalue weighted by Gasteiger charge is -2.04. The van der Waals surface area contributed by atoms with Crippen LogP contribution in [0.5, 0.6) is 0 Å². The van der Waals surface area contributed by atoms with Gasteiger partial charge in [-0.2, -0.15) is 4.98 Å². The number of nitrogens with zero attached hydrogens (tertiary/aromatic N) is 2. The highest BCUT2D eigenvalue weighted by atomic mass is 16.5. The molecule has 0 bridgehead atoms. The van der Waals surface area contributed by atoms with Crippen molar-refractivity contribution in [1.82, 2.24) is 15.5 Å². The van der Waals surface area contributed by atoms with Gasteiger partial charge in [-0.1, -0.05) is 5.16 Å². The molecular weight excluding hydrogens is 194 g/mol. The molecule has 1 aliphatic heterocycles. The highest BCUT2D eigenvalue weighted by Gasteiger charge is 2.33. The third-order valence-electron chi connectivity index (χ3n) is 3.12. The van der Waals surface area contributed by atoms with E-state index in [2.05, 4.69) is 15.5 Å². The molecule has 2 fully saturated rings. The Labute approximate surface area is 88.2 Å². The zero-order valence-electron chi connectivity index (χ0n) is 8.77. The van der Waals surface area contributed by atoms with E-state index in [9.17, 15) is 0 Å². The van der Waals surface area contributed by atoms with Crippen molar-refractivity contribution in [3.8, 4) is 0 Å². The van der Waals surface area contributed by atoms with Crippen LogP contribution in [0.1, 0.15) is 42.9 Å². The first-order chi connectivity index (χ1) is 7.36. The Morgan fingerprint density at radius 1 is 1.47 bits per heavy atom. The summed E-state index contributed by atoms with van der Waals surface area (Å²) < 4.78 is 10.5. The van der Waals surface area contributed by atoms with Crippen LogP contribution in [0.25, 0.3) is 0 Å². The molecule has 2 atom stereocenters. The van der Waals surface area contributed by atoms with Crippen LogP contribution < -0.4 is 5.32 Å². The summed E-state index contributed by atoms with van der Waals surface area (Å²) in [5.41, 5.74) is 0. The number of nitrogens with one attached hydrogen (secondary N) is 1. The minimum Gasteiger partial charge on any atom is -0.380 e. The minimum absolute atomic E-state index is 0.176. The van der Waals surface area contributed by atoms with Crippen molar-refractivity contribution in [1.29, 1.82) is 0 Å². The standard InChI is InChI=1S/C10H15N3O2/c1-14-7-4-8(11-5-7)10-12-9(13-15-10)6-2-3-6/h6-8,11H,2-5H2,1H3/t7-,8+/m0/s1. The molecule has 3 rings (SSSR count). The molecule has 2 heterocycles. The molecule has 1 saturated heterocycles. The predicted octanol–water partition coefficient (Wildman–Crippen LogP) is 0.996. The first-order valence-corrected chi connectivity index (χ1v) is 5.46. The molecule has 0 amide bonds. The number of ether oxygens (including phenoxy) is 1. The van der Waals surface area contributed by atoms with Crippen molar-refractivity contribution < 1.29 is 9.26 Å². The fraction of sp³-hybridized carbons (Fsp3) is 0.800. The van der Waals surface area contributed by atoms with Crippen molar-refractivity contribution in [3.05, 3.63) is 11.7 Å². The molecule has 1 N–H and O–H groups in total. The van der Waals surface area contributed by atoms with E-state index in [-0.39, 0.29) is 12.1 Å². The average Bonchev–Trinajstić information content (AvgIpc) is 2.84. The number of rotatable bonds is 3. The second-order valence-corrected chi connectivity index (χ2v) is 4.32. The van der Waals surface area contributed by atoms with Gasteiger partial charge in [0.15, 0.2) is 5.82 Å². The molecule has 1 aromatic rings. The quantitative estimate of drug-likeness (QED) is 0.804. The van der Waals surface area contributed by atoms with Gasteiger partial charge in [0.2, 0.25) is 5.89 Å². The second kappa shape index (κ2) is 3.57. The molecule has 1 aliphatic carbocycles. The molecule has 1 saturated carbocycles. The van der Waals surface area contributed by atoms with E-state index in [1.807, 2.05) is 0 Å². The van der Waals surface area contributed by atoms with Gasteiger partial charge in [0, 0.05) is 19.6 Å². The Morgan fingerprint density at radius 2 is 2.33 bits per heavy atom. The van der Waals surface area contributed by atoms with E-state index in [1.54, 1.807) is 7.11 Å². The Balaban J connectivity index is 1.70. The van der Waals surface area contributed by atoms with E-state index in [1.165, 1.54) is 12.8 Å². The van der Waals surface area contributed by atoms with E-state index >= 15 is 0 Å². The van der Waals surface area contributed by atoms with Crippen molar-refractivity contribution in [2.45, 2.75) is 37.3 Å². The molecule has 5 nitrogen and oxygen atoms in total.